The van der Waals surface area contributed by atoms with Gasteiger partial charge in [-0.1, -0.05) is 24.9 Å². The van der Waals surface area contributed by atoms with Gasteiger partial charge in [-0.05, 0) is 20.3 Å². The van der Waals surface area contributed by atoms with Gasteiger partial charge in [0.05, 0.1) is 6.61 Å². The Morgan fingerprint density at radius 1 is 1.50 bits per heavy atom. The second kappa shape index (κ2) is 7.16. The van der Waals surface area contributed by atoms with Crippen LogP contribution >= 0.6 is 11.6 Å². The minimum atomic E-state index is -0.466. The summed E-state index contributed by atoms with van der Waals surface area (Å²) in [6.07, 6.45) is 3.06. The number of esters is 1. The average molecular weight is 272 g/mol. The zero-order valence-electron chi connectivity index (χ0n) is 10.9. The maximum atomic E-state index is 11.5. The van der Waals surface area contributed by atoms with Crippen molar-refractivity contribution in [1.29, 1.82) is 0 Å². The summed E-state index contributed by atoms with van der Waals surface area (Å²) in [5.41, 5.74) is 0.831. The van der Waals surface area contributed by atoms with Gasteiger partial charge in [-0.25, -0.2) is 14.8 Å². The van der Waals surface area contributed by atoms with Crippen LogP contribution in [0.4, 0.5) is 5.82 Å². The first-order valence-corrected chi connectivity index (χ1v) is 6.40. The van der Waals surface area contributed by atoms with Crippen molar-refractivity contribution in [2.75, 3.05) is 11.9 Å². The smallest absolute Gasteiger partial charge is 0.328 e. The van der Waals surface area contributed by atoms with Crippen LogP contribution in [0.5, 0.6) is 0 Å². The first-order valence-electron chi connectivity index (χ1n) is 6.02. The Morgan fingerprint density at radius 2 is 2.22 bits per heavy atom. The molecule has 1 aromatic heterocycles. The maximum absolute atomic E-state index is 11.5. The lowest BCUT2D eigenvalue weighted by Crippen LogP contribution is -2.29. The van der Waals surface area contributed by atoms with Crippen LogP contribution in [0.15, 0.2) is 6.33 Å². The Balaban J connectivity index is 2.83. The number of ether oxygens (including phenoxy) is 1. The molecule has 0 radical (unpaired) electrons. The zero-order valence-corrected chi connectivity index (χ0v) is 11.6. The van der Waals surface area contributed by atoms with Crippen molar-refractivity contribution in [3.05, 3.63) is 17.0 Å². The molecule has 5 nitrogen and oxygen atoms in total. The van der Waals surface area contributed by atoms with E-state index in [-0.39, 0.29) is 5.97 Å². The van der Waals surface area contributed by atoms with E-state index in [0.29, 0.717) is 17.6 Å². The Hall–Kier alpha value is -1.36. The average Bonchev–Trinajstić information content (AvgIpc) is 2.34. The molecule has 0 bridgehead atoms. The highest BCUT2D eigenvalue weighted by Gasteiger charge is 2.17. The van der Waals surface area contributed by atoms with Gasteiger partial charge in [-0.15, -0.1) is 0 Å². The normalized spacial score (nSPS) is 12.0. The molecule has 1 atom stereocenters. The van der Waals surface area contributed by atoms with E-state index in [1.54, 1.807) is 13.8 Å². The van der Waals surface area contributed by atoms with Gasteiger partial charge in [-0.2, -0.15) is 0 Å². The van der Waals surface area contributed by atoms with Crippen molar-refractivity contribution in [1.82, 2.24) is 9.97 Å². The van der Waals surface area contributed by atoms with Crippen molar-refractivity contribution in [2.24, 2.45) is 0 Å². The fourth-order valence-electron chi connectivity index (χ4n) is 1.52. The third-order valence-electron chi connectivity index (χ3n) is 2.39. The standard InChI is InChI=1S/C12H18ClN3O2/c1-4-6-9-10(13)14-7-15-11(9)16-8(3)12(17)18-5-2/h7-8H,4-6H2,1-3H3,(H,14,15,16). The molecule has 1 rings (SSSR count). The van der Waals surface area contributed by atoms with Crippen molar-refractivity contribution in [3.63, 3.8) is 0 Å². The molecule has 0 amide bonds. The number of hydrogen-bond acceptors (Lipinski definition) is 5. The molecule has 0 aliphatic heterocycles. The Kier molecular flexibility index (Phi) is 5.85. The van der Waals surface area contributed by atoms with Crippen molar-refractivity contribution in [2.45, 2.75) is 39.7 Å². The number of halogens is 1. The lowest BCUT2D eigenvalue weighted by atomic mass is 10.2. The predicted molar refractivity (Wildman–Crippen MR) is 70.8 cm³/mol. The molecule has 1 heterocycles. The van der Waals surface area contributed by atoms with E-state index in [4.69, 9.17) is 16.3 Å². The Bertz CT molecular complexity index is 412. The molecular formula is C12H18ClN3O2. The third-order valence-corrected chi connectivity index (χ3v) is 2.71. The summed E-state index contributed by atoms with van der Waals surface area (Å²) in [6, 6.07) is -0.466. The molecule has 0 saturated carbocycles. The van der Waals surface area contributed by atoms with E-state index in [1.807, 2.05) is 6.92 Å². The number of anilines is 1. The quantitative estimate of drug-likeness (QED) is 0.636. The SMILES string of the molecule is CCCc1c(Cl)ncnc1NC(C)C(=O)OCC. The summed E-state index contributed by atoms with van der Waals surface area (Å²) >= 11 is 6.03. The summed E-state index contributed by atoms with van der Waals surface area (Å²) in [7, 11) is 0. The molecule has 1 unspecified atom stereocenters. The minimum absolute atomic E-state index is 0.310. The van der Waals surface area contributed by atoms with E-state index < -0.39 is 6.04 Å². The molecule has 0 aromatic carbocycles. The van der Waals surface area contributed by atoms with Gasteiger partial charge in [0.25, 0.3) is 0 Å². The van der Waals surface area contributed by atoms with Crippen LogP contribution in [0.2, 0.25) is 5.15 Å². The van der Waals surface area contributed by atoms with Gasteiger partial charge in [0.15, 0.2) is 0 Å². The summed E-state index contributed by atoms with van der Waals surface area (Å²) in [6.45, 7) is 5.90. The molecule has 0 spiro atoms. The molecule has 0 aliphatic rings. The number of carbonyl (C=O) groups excluding carboxylic acids is 1. The van der Waals surface area contributed by atoms with Crippen LogP contribution in [0, 0.1) is 0 Å². The van der Waals surface area contributed by atoms with Crippen LogP contribution in [0.25, 0.3) is 0 Å². The van der Waals surface area contributed by atoms with Gasteiger partial charge in [0.2, 0.25) is 0 Å². The van der Waals surface area contributed by atoms with Crippen molar-refractivity contribution < 1.29 is 9.53 Å². The minimum Gasteiger partial charge on any atom is -0.464 e. The van der Waals surface area contributed by atoms with Gasteiger partial charge in [0, 0.05) is 5.56 Å². The second-order valence-corrected chi connectivity index (χ2v) is 4.22. The van der Waals surface area contributed by atoms with Crippen LogP contribution in [-0.4, -0.2) is 28.6 Å². The molecular weight excluding hydrogens is 254 g/mol. The first-order chi connectivity index (χ1) is 8.60. The van der Waals surface area contributed by atoms with Crippen LogP contribution in [0.3, 0.4) is 0 Å². The number of nitrogens with one attached hydrogen (secondary N) is 1. The summed E-state index contributed by atoms with van der Waals surface area (Å²) in [4.78, 5) is 19.6. The number of carbonyl (C=O) groups is 1. The van der Waals surface area contributed by atoms with Crippen molar-refractivity contribution in [3.8, 4) is 0 Å². The van der Waals surface area contributed by atoms with Gasteiger partial charge in [-0.3, -0.25) is 0 Å². The monoisotopic (exact) mass is 271 g/mol. The lowest BCUT2D eigenvalue weighted by Gasteiger charge is -2.16. The highest BCUT2D eigenvalue weighted by atomic mass is 35.5. The molecule has 1 aromatic rings. The van der Waals surface area contributed by atoms with E-state index >= 15 is 0 Å². The van der Waals surface area contributed by atoms with Gasteiger partial charge in [0.1, 0.15) is 23.3 Å². The lowest BCUT2D eigenvalue weighted by molar-refractivity contribution is -0.143. The maximum Gasteiger partial charge on any atom is 0.328 e. The predicted octanol–water partition coefficient (Wildman–Crippen LogP) is 2.45. The van der Waals surface area contributed by atoms with E-state index in [1.165, 1.54) is 6.33 Å². The van der Waals surface area contributed by atoms with Crippen LogP contribution < -0.4 is 5.32 Å². The fourth-order valence-corrected chi connectivity index (χ4v) is 1.75. The largest absolute Gasteiger partial charge is 0.464 e. The number of rotatable bonds is 6. The Morgan fingerprint density at radius 3 is 2.83 bits per heavy atom. The molecule has 18 heavy (non-hydrogen) atoms. The summed E-state index contributed by atoms with van der Waals surface area (Å²) in [5.74, 6) is 0.284. The highest BCUT2D eigenvalue weighted by Crippen LogP contribution is 2.22. The Labute approximate surface area is 112 Å². The van der Waals surface area contributed by atoms with Crippen LogP contribution in [-0.2, 0) is 16.0 Å². The molecule has 0 aliphatic carbocycles. The third kappa shape index (κ3) is 3.84. The highest BCUT2D eigenvalue weighted by molar-refractivity contribution is 6.30. The molecule has 6 heteroatoms. The fraction of sp³-hybridized carbons (Fsp3) is 0.583. The van der Waals surface area contributed by atoms with E-state index in [2.05, 4.69) is 15.3 Å². The molecule has 0 saturated heterocycles. The van der Waals surface area contributed by atoms with Gasteiger partial charge < -0.3 is 10.1 Å². The molecule has 100 valence electrons. The zero-order chi connectivity index (χ0) is 13.5. The topological polar surface area (TPSA) is 64.1 Å². The first kappa shape index (κ1) is 14.7. The van der Waals surface area contributed by atoms with E-state index in [0.717, 1.165) is 18.4 Å². The van der Waals surface area contributed by atoms with Gasteiger partial charge >= 0.3 is 5.97 Å². The molecule has 0 fully saturated rings. The number of aromatic nitrogens is 2. The molecule has 1 N–H and O–H groups in total. The summed E-state index contributed by atoms with van der Waals surface area (Å²) < 4.78 is 4.93. The van der Waals surface area contributed by atoms with E-state index in [9.17, 15) is 4.79 Å². The number of nitrogens with zero attached hydrogens (tertiary/aromatic N) is 2. The second-order valence-electron chi connectivity index (χ2n) is 3.86. The van der Waals surface area contributed by atoms with Crippen molar-refractivity contribution >= 4 is 23.4 Å². The van der Waals surface area contributed by atoms with Crippen LogP contribution in [0.1, 0.15) is 32.8 Å². The number of hydrogen-bond donors (Lipinski definition) is 1. The summed E-state index contributed by atoms with van der Waals surface area (Å²) in [5, 5.41) is 3.43.